The maximum absolute atomic E-state index is 12.2. The van der Waals surface area contributed by atoms with Crippen LogP contribution in [0.3, 0.4) is 0 Å². The van der Waals surface area contributed by atoms with Crippen LogP contribution in [0.5, 0.6) is 5.75 Å². The molecule has 2 N–H and O–H groups in total. The van der Waals surface area contributed by atoms with Crippen molar-refractivity contribution in [1.82, 2.24) is 5.32 Å². The highest BCUT2D eigenvalue weighted by atomic mass is 79.9. The fourth-order valence-electron chi connectivity index (χ4n) is 1.89. The van der Waals surface area contributed by atoms with Crippen molar-refractivity contribution in [3.05, 3.63) is 58.1 Å². The summed E-state index contributed by atoms with van der Waals surface area (Å²) in [6.07, 6.45) is 0. The molecular formula is C16H12BrN2O4S-. The predicted molar refractivity (Wildman–Crippen MR) is 95.2 cm³/mol. The third-order valence-corrected chi connectivity index (χ3v) is 3.71. The minimum absolute atomic E-state index is 0.0346. The molecule has 1 amide bonds. The van der Waals surface area contributed by atoms with Crippen molar-refractivity contribution >= 4 is 50.8 Å². The number of carboxylic acids is 1. The number of carbonyl (C=O) groups excluding carboxylic acids is 2. The summed E-state index contributed by atoms with van der Waals surface area (Å²) in [4.78, 5) is 23.3. The summed E-state index contributed by atoms with van der Waals surface area (Å²) in [5, 5.41) is 16.3. The smallest absolute Gasteiger partial charge is 0.257 e. The van der Waals surface area contributed by atoms with Gasteiger partial charge >= 0.3 is 0 Å². The van der Waals surface area contributed by atoms with Crippen LogP contribution in [0.15, 0.2) is 46.9 Å². The summed E-state index contributed by atoms with van der Waals surface area (Å²) in [5.74, 6) is -1.27. The molecule has 2 rings (SSSR count). The summed E-state index contributed by atoms with van der Waals surface area (Å²) < 4.78 is 5.64. The van der Waals surface area contributed by atoms with E-state index in [1.54, 1.807) is 30.3 Å². The van der Waals surface area contributed by atoms with Gasteiger partial charge in [-0.3, -0.25) is 10.1 Å². The zero-order valence-electron chi connectivity index (χ0n) is 12.5. The number of thiocarbonyl (C=S) groups is 1. The molecule has 6 nitrogen and oxygen atoms in total. The van der Waals surface area contributed by atoms with Crippen molar-refractivity contribution in [3.8, 4) is 5.75 Å². The largest absolute Gasteiger partial charge is 0.545 e. The lowest BCUT2D eigenvalue weighted by atomic mass is 10.2. The van der Waals surface area contributed by atoms with Gasteiger partial charge in [0.15, 0.2) is 5.11 Å². The van der Waals surface area contributed by atoms with E-state index >= 15 is 0 Å². The van der Waals surface area contributed by atoms with E-state index in [1.165, 1.54) is 19.2 Å². The zero-order chi connectivity index (χ0) is 17.7. The van der Waals surface area contributed by atoms with Crippen molar-refractivity contribution in [2.24, 2.45) is 0 Å². The van der Waals surface area contributed by atoms with Crippen LogP contribution in [0, 0.1) is 0 Å². The molecule has 24 heavy (non-hydrogen) atoms. The average Bonchev–Trinajstić information content (AvgIpc) is 2.56. The Kier molecular flexibility index (Phi) is 5.88. The highest BCUT2D eigenvalue weighted by Gasteiger charge is 2.11. The van der Waals surface area contributed by atoms with E-state index in [2.05, 4.69) is 26.6 Å². The van der Waals surface area contributed by atoms with E-state index in [-0.39, 0.29) is 16.4 Å². The molecular weight excluding hydrogens is 396 g/mol. The molecule has 0 fully saturated rings. The average molecular weight is 408 g/mol. The summed E-state index contributed by atoms with van der Waals surface area (Å²) >= 11 is 8.24. The highest BCUT2D eigenvalue weighted by Crippen LogP contribution is 2.20. The number of nitrogens with one attached hydrogen (secondary N) is 2. The van der Waals surface area contributed by atoms with Crippen molar-refractivity contribution in [2.45, 2.75) is 0 Å². The first kappa shape index (κ1) is 17.9. The zero-order valence-corrected chi connectivity index (χ0v) is 14.9. The number of halogens is 1. The van der Waals surface area contributed by atoms with E-state index in [0.717, 1.165) is 0 Å². The highest BCUT2D eigenvalue weighted by molar-refractivity contribution is 9.10. The second kappa shape index (κ2) is 7.89. The van der Waals surface area contributed by atoms with Gasteiger partial charge in [0, 0.05) is 21.3 Å². The van der Waals surface area contributed by atoms with Crippen LogP contribution >= 0.6 is 28.1 Å². The number of amides is 1. The van der Waals surface area contributed by atoms with E-state index < -0.39 is 11.9 Å². The third kappa shape index (κ3) is 4.53. The first-order valence-corrected chi connectivity index (χ1v) is 7.88. The van der Waals surface area contributed by atoms with Crippen LogP contribution in [0.25, 0.3) is 0 Å². The number of aromatic carboxylic acids is 1. The molecule has 0 aliphatic carbocycles. The Hall–Kier alpha value is -2.45. The van der Waals surface area contributed by atoms with Crippen LogP contribution in [-0.2, 0) is 0 Å². The van der Waals surface area contributed by atoms with Gasteiger partial charge in [-0.25, -0.2) is 0 Å². The van der Waals surface area contributed by atoms with Crippen molar-refractivity contribution in [3.63, 3.8) is 0 Å². The Morgan fingerprint density at radius 2 is 1.96 bits per heavy atom. The second-order valence-corrected chi connectivity index (χ2v) is 5.94. The fourth-order valence-corrected chi connectivity index (χ4v) is 2.45. The number of hydrogen-bond donors (Lipinski definition) is 2. The normalized spacial score (nSPS) is 9.92. The number of carboxylic acid groups (broad SMARTS) is 1. The molecule has 2 aromatic carbocycles. The molecule has 0 atom stereocenters. The lowest BCUT2D eigenvalue weighted by molar-refractivity contribution is -0.254. The Morgan fingerprint density at radius 3 is 2.62 bits per heavy atom. The van der Waals surface area contributed by atoms with E-state index in [1.807, 2.05) is 0 Å². The van der Waals surface area contributed by atoms with Crippen LogP contribution in [0.4, 0.5) is 5.69 Å². The Balaban J connectivity index is 2.11. The van der Waals surface area contributed by atoms with Crippen molar-refractivity contribution < 1.29 is 19.4 Å². The van der Waals surface area contributed by atoms with E-state index in [9.17, 15) is 14.7 Å². The van der Waals surface area contributed by atoms with E-state index in [4.69, 9.17) is 17.0 Å². The molecule has 0 saturated carbocycles. The Bertz CT molecular complexity index is 810. The number of ether oxygens (including phenoxy) is 1. The molecule has 0 heterocycles. The predicted octanol–water partition coefficient (Wildman–Crippen LogP) is 1.95. The molecule has 0 unspecified atom stereocenters. The minimum Gasteiger partial charge on any atom is -0.545 e. The minimum atomic E-state index is -1.36. The second-order valence-electron chi connectivity index (χ2n) is 4.62. The molecule has 0 bridgehead atoms. The number of methoxy groups -OCH3 is 1. The molecule has 0 spiro atoms. The van der Waals surface area contributed by atoms with Crippen LogP contribution in [0.2, 0.25) is 0 Å². The Labute approximate surface area is 152 Å². The van der Waals surface area contributed by atoms with E-state index in [0.29, 0.717) is 15.8 Å². The molecule has 0 aliphatic rings. The molecule has 0 aliphatic heterocycles. The fraction of sp³-hybridized carbons (Fsp3) is 0.0625. The van der Waals surface area contributed by atoms with Gasteiger partial charge in [0.1, 0.15) is 5.75 Å². The standard InChI is InChI=1S/C16H13BrN2O4S/c1-23-11-4-2-3-9(7-11)14(20)19-16(24)18-13-6-5-10(17)8-12(13)15(21)22/h2-8H,1H3,(H,21,22)(H2,18,19,20,24)/p-1. The first-order chi connectivity index (χ1) is 11.4. The topological polar surface area (TPSA) is 90.5 Å². The number of hydrogen-bond acceptors (Lipinski definition) is 5. The monoisotopic (exact) mass is 407 g/mol. The maximum Gasteiger partial charge on any atom is 0.257 e. The molecule has 0 radical (unpaired) electrons. The molecule has 0 saturated heterocycles. The Morgan fingerprint density at radius 1 is 1.21 bits per heavy atom. The maximum atomic E-state index is 12.2. The molecule has 124 valence electrons. The lowest BCUT2D eigenvalue weighted by Gasteiger charge is -2.14. The van der Waals surface area contributed by atoms with Crippen LogP contribution < -0.4 is 20.5 Å². The van der Waals surface area contributed by atoms with Gasteiger partial charge in [0.25, 0.3) is 5.91 Å². The molecule has 2 aromatic rings. The van der Waals surface area contributed by atoms with Gasteiger partial charge < -0.3 is 20.0 Å². The summed E-state index contributed by atoms with van der Waals surface area (Å²) in [7, 11) is 1.50. The van der Waals surface area contributed by atoms with Gasteiger partial charge in [-0.15, -0.1) is 0 Å². The molecule has 0 aromatic heterocycles. The van der Waals surface area contributed by atoms with Gasteiger partial charge in [-0.2, -0.15) is 0 Å². The van der Waals surface area contributed by atoms with Gasteiger partial charge in [0.05, 0.1) is 13.1 Å². The summed E-state index contributed by atoms with van der Waals surface area (Å²) in [6.45, 7) is 0. The number of anilines is 1. The third-order valence-electron chi connectivity index (χ3n) is 3.01. The quantitative estimate of drug-likeness (QED) is 0.752. The lowest BCUT2D eigenvalue weighted by Crippen LogP contribution is -2.35. The number of rotatable bonds is 4. The van der Waals surface area contributed by atoms with Crippen molar-refractivity contribution in [2.75, 3.05) is 12.4 Å². The van der Waals surface area contributed by atoms with Crippen LogP contribution in [0.1, 0.15) is 20.7 Å². The van der Waals surface area contributed by atoms with Gasteiger partial charge in [-0.05, 0) is 48.6 Å². The van der Waals surface area contributed by atoms with Crippen LogP contribution in [-0.4, -0.2) is 24.1 Å². The van der Waals surface area contributed by atoms with Gasteiger partial charge in [-0.1, -0.05) is 22.0 Å². The summed E-state index contributed by atoms with van der Waals surface area (Å²) in [5.41, 5.74) is 0.492. The number of benzene rings is 2. The summed E-state index contributed by atoms with van der Waals surface area (Å²) in [6, 6.07) is 11.1. The van der Waals surface area contributed by atoms with Gasteiger partial charge in [0.2, 0.25) is 0 Å². The number of carbonyl (C=O) groups is 2. The van der Waals surface area contributed by atoms with Crippen molar-refractivity contribution in [1.29, 1.82) is 0 Å². The SMILES string of the molecule is COc1cccc(C(=O)NC(=S)Nc2ccc(Br)cc2C(=O)[O-])c1. The first-order valence-electron chi connectivity index (χ1n) is 6.68. The molecule has 8 heteroatoms.